The number of thioether (sulfide) groups is 1. The largest absolute Gasteiger partial charge is 0.334 e. The maximum atomic E-state index is 6.04. The second-order valence-electron chi connectivity index (χ2n) is 5.56. The molecule has 132 valence electrons. The number of rotatable bonds is 7. The predicted molar refractivity (Wildman–Crippen MR) is 108 cm³/mol. The maximum absolute atomic E-state index is 6.04. The third kappa shape index (κ3) is 4.97. The predicted octanol–water partition coefficient (Wildman–Crippen LogP) is 3.79. The van der Waals surface area contributed by atoms with Crippen molar-refractivity contribution in [3.8, 4) is 0 Å². The Morgan fingerprint density at radius 1 is 1.12 bits per heavy atom. The number of hydrogen-bond donors (Lipinski definition) is 2. The number of benzene rings is 2. The van der Waals surface area contributed by atoms with E-state index in [4.69, 9.17) is 5.84 Å². The number of nitrogens with two attached hydrogens (primary N) is 1. The fraction of sp³-hybridized carbons (Fsp3) is 0.105. The van der Waals surface area contributed by atoms with Crippen molar-refractivity contribution in [1.29, 1.82) is 0 Å². The Morgan fingerprint density at radius 2 is 1.81 bits per heavy atom. The van der Waals surface area contributed by atoms with Gasteiger partial charge in [0.2, 0.25) is 5.16 Å². The minimum absolute atomic E-state index is 0.396. The van der Waals surface area contributed by atoms with Crippen molar-refractivity contribution in [2.45, 2.75) is 17.8 Å². The summed E-state index contributed by atoms with van der Waals surface area (Å²) >= 11 is 1.52. The van der Waals surface area contributed by atoms with E-state index in [1.165, 1.54) is 22.0 Å². The monoisotopic (exact) mass is 364 g/mol. The zero-order valence-corrected chi connectivity index (χ0v) is 15.2. The molecule has 6 nitrogen and oxygen atoms in total. The molecular weight excluding hydrogens is 344 g/mol. The molecule has 0 bridgehead atoms. The fourth-order valence-corrected chi connectivity index (χ4v) is 2.94. The molecule has 0 saturated carbocycles. The summed E-state index contributed by atoms with van der Waals surface area (Å²) in [6, 6.07) is 20.2. The third-order valence-corrected chi connectivity index (χ3v) is 4.54. The van der Waals surface area contributed by atoms with E-state index in [0.29, 0.717) is 11.1 Å². The number of allylic oxidation sites excluding steroid dienone is 1. The zero-order valence-electron chi connectivity index (χ0n) is 14.4. The molecule has 1 aromatic heterocycles. The summed E-state index contributed by atoms with van der Waals surface area (Å²) in [4.78, 5) is 0. The van der Waals surface area contributed by atoms with Crippen molar-refractivity contribution in [2.24, 2.45) is 5.10 Å². The molecule has 0 radical (unpaired) electrons. The lowest BCUT2D eigenvalue weighted by molar-refractivity contribution is 0.846. The van der Waals surface area contributed by atoms with Gasteiger partial charge in [-0.05, 0) is 24.1 Å². The molecule has 0 aliphatic heterocycles. The van der Waals surface area contributed by atoms with Crippen LogP contribution in [0.25, 0.3) is 6.08 Å². The van der Waals surface area contributed by atoms with Crippen LogP contribution in [0.3, 0.4) is 0 Å². The first-order valence-electron chi connectivity index (χ1n) is 8.13. The molecule has 0 fully saturated rings. The van der Waals surface area contributed by atoms with Gasteiger partial charge >= 0.3 is 0 Å². The molecule has 3 rings (SSSR count). The van der Waals surface area contributed by atoms with Crippen LogP contribution in [0.2, 0.25) is 0 Å². The van der Waals surface area contributed by atoms with E-state index in [9.17, 15) is 0 Å². The second kappa shape index (κ2) is 8.87. The third-order valence-electron chi connectivity index (χ3n) is 3.52. The van der Waals surface area contributed by atoms with Crippen LogP contribution in [0.5, 0.6) is 0 Å². The fourth-order valence-electron chi connectivity index (χ4n) is 2.13. The summed E-state index contributed by atoms with van der Waals surface area (Å²) in [6.07, 6.45) is 3.92. The number of nitrogens with zero attached hydrogens (tertiary/aromatic N) is 4. The number of hydrazone groups is 1. The molecule has 1 heterocycles. The molecule has 0 aliphatic carbocycles. The Morgan fingerprint density at radius 3 is 2.54 bits per heavy atom. The number of aromatic nitrogens is 3. The summed E-state index contributed by atoms with van der Waals surface area (Å²) in [5.41, 5.74) is 5.97. The molecule has 2 aromatic carbocycles. The molecule has 0 unspecified atom stereocenters. The summed E-state index contributed by atoms with van der Waals surface area (Å²) in [5, 5.41) is 13.0. The lowest BCUT2D eigenvalue weighted by atomic mass is 10.2. The maximum Gasteiger partial charge on any atom is 0.264 e. The van der Waals surface area contributed by atoms with E-state index >= 15 is 0 Å². The molecule has 0 saturated heterocycles. The van der Waals surface area contributed by atoms with Gasteiger partial charge in [0.1, 0.15) is 0 Å². The Hall–Kier alpha value is -3.06. The van der Waals surface area contributed by atoms with Gasteiger partial charge in [-0.3, -0.25) is 0 Å². The number of nitrogens with one attached hydrogen (secondary N) is 1. The van der Waals surface area contributed by atoms with Gasteiger partial charge in [-0.15, -0.1) is 10.2 Å². The van der Waals surface area contributed by atoms with Crippen LogP contribution < -0.4 is 11.3 Å². The van der Waals surface area contributed by atoms with Crippen molar-refractivity contribution in [3.05, 3.63) is 77.9 Å². The highest BCUT2D eigenvalue weighted by Crippen LogP contribution is 2.21. The average molecular weight is 364 g/mol. The van der Waals surface area contributed by atoms with Crippen molar-refractivity contribution in [1.82, 2.24) is 14.9 Å². The molecule has 0 spiro atoms. The van der Waals surface area contributed by atoms with Crippen LogP contribution in [0, 0.1) is 0 Å². The van der Waals surface area contributed by atoms with E-state index in [2.05, 4.69) is 32.9 Å². The molecule has 3 aromatic rings. The van der Waals surface area contributed by atoms with E-state index in [0.717, 1.165) is 17.0 Å². The molecule has 0 amide bonds. The normalized spacial score (nSPS) is 11.8. The molecule has 0 atom stereocenters. The van der Waals surface area contributed by atoms with E-state index in [1.807, 2.05) is 67.6 Å². The zero-order chi connectivity index (χ0) is 18.2. The quantitative estimate of drug-likeness (QED) is 0.289. The first-order valence-corrected chi connectivity index (χ1v) is 9.11. The second-order valence-corrected chi connectivity index (χ2v) is 6.50. The van der Waals surface area contributed by atoms with Crippen LogP contribution in [-0.2, 0) is 5.75 Å². The minimum atomic E-state index is 0.396. The van der Waals surface area contributed by atoms with Gasteiger partial charge in [0.15, 0.2) is 0 Å². The number of nitrogen functional groups attached to an aromatic ring is 1. The highest BCUT2D eigenvalue weighted by molar-refractivity contribution is 7.98. The van der Waals surface area contributed by atoms with Crippen LogP contribution in [0.4, 0.5) is 5.95 Å². The summed E-state index contributed by atoms with van der Waals surface area (Å²) in [5.74, 6) is 7.21. The van der Waals surface area contributed by atoms with Crippen LogP contribution in [0.15, 0.2) is 77.0 Å². The van der Waals surface area contributed by atoms with Gasteiger partial charge in [0.25, 0.3) is 5.95 Å². The number of anilines is 1. The van der Waals surface area contributed by atoms with Gasteiger partial charge in [0, 0.05) is 5.75 Å². The minimum Gasteiger partial charge on any atom is -0.334 e. The molecule has 3 N–H and O–H groups in total. The lowest BCUT2D eigenvalue weighted by Crippen LogP contribution is -2.13. The van der Waals surface area contributed by atoms with Gasteiger partial charge in [-0.25, -0.2) is 10.1 Å². The van der Waals surface area contributed by atoms with Gasteiger partial charge < -0.3 is 5.84 Å². The Bertz CT molecular complexity index is 887. The van der Waals surface area contributed by atoms with Crippen LogP contribution in [-0.4, -0.2) is 20.6 Å². The van der Waals surface area contributed by atoms with Crippen molar-refractivity contribution >= 4 is 29.5 Å². The van der Waals surface area contributed by atoms with Crippen LogP contribution >= 0.6 is 11.8 Å². The summed E-state index contributed by atoms with van der Waals surface area (Å²) in [7, 11) is 0. The molecular formula is C19H20N6S. The smallest absolute Gasteiger partial charge is 0.264 e. The lowest BCUT2D eigenvalue weighted by Gasteiger charge is -2.03. The number of hydrogen-bond acceptors (Lipinski definition) is 6. The Kier molecular flexibility index (Phi) is 6.05. The highest BCUT2D eigenvalue weighted by Gasteiger charge is 2.09. The standard InChI is InChI=1S/C19H20N6S/c1-15(12-13-16-8-4-2-5-9-16)21-22-18-23-24-19(25(18)20)26-14-17-10-6-3-7-11-17/h2-13H,14,20H2,1H3,(H,22,23)/b13-12+,21-15+. The van der Waals surface area contributed by atoms with Gasteiger partial charge in [0.05, 0.1) is 5.71 Å². The average Bonchev–Trinajstić information content (AvgIpc) is 3.04. The molecule has 0 aliphatic rings. The van der Waals surface area contributed by atoms with Crippen molar-refractivity contribution in [3.63, 3.8) is 0 Å². The van der Waals surface area contributed by atoms with Gasteiger partial charge in [-0.2, -0.15) is 5.10 Å². The molecule has 26 heavy (non-hydrogen) atoms. The van der Waals surface area contributed by atoms with E-state index in [-0.39, 0.29) is 0 Å². The first kappa shape index (κ1) is 17.8. The molecule has 7 heteroatoms. The van der Waals surface area contributed by atoms with E-state index in [1.54, 1.807) is 0 Å². The van der Waals surface area contributed by atoms with Gasteiger partial charge in [-0.1, -0.05) is 78.5 Å². The highest BCUT2D eigenvalue weighted by atomic mass is 32.2. The Labute approximate surface area is 156 Å². The SMILES string of the molecule is CC(/C=C/c1ccccc1)=N\Nc1nnc(SCc2ccccc2)n1N. The van der Waals surface area contributed by atoms with E-state index < -0.39 is 0 Å². The Balaban J connectivity index is 1.58. The van der Waals surface area contributed by atoms with Crippen LogP contribution in [0.1, 0.15) is 18.1 Å². The first-order chi connectivity index (χ1) is 12.7. The summed E-state index contributed by atoms with van der Waals surface area (Å²) in [6.45, 7) is 1.90. The topological polar surface area (TPSA) is 81.1 Å². The summed E-state index contributed by atoms with van der Waals surface area (Å²) < 4.78 is 1.41. The van der Waals surface area contributed by atoms with Crippen molar-refractivity contribution in [2.75, 3.05) is 11.3 Å². The van der Waals surface area contributed by atoms with Crippen molar-refractivity contribution < 1.29 is 0 Å².